The summed E-state index contributed by atoms with van der Waals surface area (Å²) < 4.78 is 1.02. The molecule has 14 heavy (non-hydrogen) atoms. The van der Waals surface area contributed by atoms with Gasteiger partial charge in [-0.25, -0.2) is 0 Å². The summed E-state index contributed by atoms with van der Waals surface area (Å²) in [7, 11) is 0. The Bertz CT molecular complexity index is 255. The molecule has 2 atom stereocenters. The second-order valence-corrected chi connectivity index (χ2v) is 6.35. The van der Waals surface area contributed by atoms with E-state index >= 15 is 0 Å². The Kier molecular flexibility index (Phi) is 4.31. The zero-order valence-corrected chi connectivity index (χ0v) is 10.4. The molecule has 1 rings (SSSR count). The van der Waals surface area contributed by atoms with Crippen molar-refractivity contribution in [2.45, 2.75) is 38.0 Å². The van der Waals surface area contributed by atoms with E-state index in [1.807, 2.05) is 0 Å². The van der Waals surface area contributed by atoms with E-state index in [0.717, 1.165) is 16.5 Å². The Morgan fingerprint density at radius 3 is 3.00 bits per heavy atom. The van der Waals surface area contributed by atoms with Gasteiger partial charge in [0.1, 0.15) is 4.38 Å². The van der Waals surface area contributed by atoms with Gasteiger partial charge in [-0.1, -0.05) is 30.4 Å². The first-order chi connectivity index (χ1) is 6.59. The lowest BCUT2D eigenvalue weighted by Crippen LogP contribution is -2.21. The second-order valence-electron chi connectivity index (χ2n) is 3.60. The molecule has 0 aromatic carbocycles. The monoisotopic (exact) mass is 232 g/mol. The summed E-state index contributed by atoms with van der Waals surface area (Å²) in [6.07, 6.45) is 2.65. The molecule has 0 amide bonds. The standard InChI is InChI=1S/C9H16N2OS2/c1-4-7(2)11-8-13-6-9(3,14-8)5-10-12/h5,7,12H,4,6H2,1-3H3/b10-5-,11-8?/t7-,9+/m0/s1. The van der Waals surface area contributed by atoms with Gasteiger partial charge in [-0.15, -0.1) is 5.16 Å². The first kappa shape index (κ1) is 11.9. The maximum atomic E-state index is 8.51. The Balaban J connectivity index is 2.60. The van der Waals surface area contributed by atoms with Gasteiger partial charge in [0.2, 0.25) is 0 Å². The van der Waals surface area contributed by atoms with Crippen LogP contribution < -0.4 is 0 Å². The van der Waals surface area contributed by atoms with Crippen LogP contribution in [-0.2, 0) is 0 Å². The van der Waals surface area contributed by atoms with Crippen LogP contribution in [0.4, 0.5) is 0 Å². The largest absolute Gasteiger partial charge is 0.411 e. The molecule has 1 aliphatic heterocycles. The van der Waals surface area contributed by atoms with E-state index in [0.29, 0.717) is 6.04 Å². The quantitative estimate of drug-likeness (QED) is 0.462. The zero-order valence-electron chi connectivity index (χ0n) is 8.73. The molecular formula is C9H16N2OS2. The summed E-state index contributed by atoms with van der Waals surface area (Å²) in [5.41, 5.74) is 0. The predicted molar refractivity (Wildman–Crippen MR) is 65.9 cm³/mol. The molecular weight excluding hydrogens is 216 g/mol. The molecule has 0 spiro atoms. The van der Waals surface area contributed by atoms with Gasteiger partial charge in [0.15, 0.2) is 0 Å². The third-order valence-electron chi connectivity index (χ3n) is 2.05. The molecule has 0 unspecified atom stereocenters. The third kappa shape index (κ3) is 3.20. The minimum atomic E-state index is -0.0916. The number of nitrogens with zero attached hydrogens (tertiary/aromatic N) is 2. The van der Waals surface area contributed by atoms with Crippen LogP contribution in [0.1, 0.15) is 27.2 Å². The van der Waals surface area contributed by atoms with Gasteiger partial charge < -0.3 is 5.21 Å². The van der Waals surface area contributed by atoms with E-state index in [1.54, 1.807) is 29.7 Å². The van der Waals surface area contributed by atoms with E-state index < -0.39 is 0 Å². The molecule has 0 aliphatic carbocycles. The molecule has 1 aliphatic rings. The first-order valence-electron chi connectivity index (χ1n) is 4.68. The summed E-state index contributed by atoms with van der Waals surface area (Å²) in [4.78, 5) is 4.57. The summed E-state index contributed by atoms with van der Waals surface area (Å²) in [5.74, 6) is 0.928. The lowest BCUT2D eigenvalue weighted by atomic mass is 10.2. The van der Waals surface area contributed by atoms with Crippen molar-refractivity contribution in [2.24, 2.45) is 10.1 Å². The fraction of sp³-hybridized carbons (Fsp3) is 0.778. The van der Waals surface area contributed by atoms with Gasteiger partial charge in [-0.05, 0) is 20.3 Å². The van der Waals surface area contributed by atoms with E-state index in [4.69, 9.17) is 5.21 Å². The highest BCUT2D eigenvalue weighted by Gasteiger charge is 2.33. The van der Waals surface area contributed by atoms with Crippen molar-refractivity contribution in [3.05, 3.63) is 0 Å². The van der Waals surface area contributed by atoms with Crippen molar-refractivity contribution in [1.82, 2.24) is 0 Å². The van der Waals surface area contributed by atoms with Crippen molar-refractivity contribution in [3.63, 3.8) is 0 Å². The molecule has 5 heteroatoms. The molecule has 0 aromatic heterocycles. The van der Waals surface area contributed by atoms with E-state index in [2.05, 4.69) is 30.9 Å². The van der Waals surface area contributed by atoms with E-state index in [9.17, 15) is 0 Å². The summed E-state index contributed by atoms with van der Waals surface area (Å²) in [6.45, 7) is 6.31. The van der Waals surface area contributed by atoms with Gasteiger partial charge >= 0.3 is 0 Å². The molecule has 0 saturated carbocycles. The van der Waals surface area contributed by atoms with Crippen LogP contribution in [0.5, 0.6) is 0 Å². The van der Waals surface area contributed by atoms with Crippen molar-refractivity contribution < 1.29 is 5.21 Å². The number of aliphatic imine (C=N–C) groups is 1. The fourth-order valence-electron chi connectivity index (χ4n) is 0.984. The Labute approximate surface area is 93.4 Å². The van der Waals surface area contributed by atoms with E-state index in [1.165, 1.54) is 0 Å². The van der Waals surface area contributed by atoms with Crippen LogP contribution in [0.3, 0.4) is 0 Å². The normalized spacial score (nSPS) is 32.9. The average molecular weight is 232 g/mol. The number of hydrogen-bond acceptors (Lipinski definition) is 5. The third-order valence-corrected chi connectivity index (χ3v) is 4.93. The maximum Gasteiger partial charge on any atom is 0.125 e. The summed E-state index contributed by atoms with van der Waals surface area (Å²) >= 11 is 3.43. The minimum Gasteiger partial charge on any atom is -0.411 e. The van der Waals surface area contributed by atoms with Gasteiger partial charge in [0.05, 0.1) is 11.0 Å². The maximum absolute atomic E-state index is 8.51. The number of hydrogen-bond donors (Lipinski definition) is 1. The fourth-order valence-corrected chi connectivity index (χ4v) is 3.85. The molecule has 0 bridgehead atoms. The Morgan fingerprint density at radius 1 is 1.71 bits per heavy atom. The van der Waals surface area contributed by atoms with Crippen LogP contribution in [0.25, 0.3) is 0 Å². The van der Waals surface area contributed by atoms with Gasteiger partial charge in [0, 0.05) is 11.8 Å². The van der Waals surface area contributed by atoms with Gasteiger partial charge in [-0.2, -0.15) is 0 Å². The molecule has 1 heterocycles. The van der Waals surface area contributed by atoms with Crippen LogP contribution in [0.15, 0.2) is 10.1 Å². The molecule has 1 N–H and O–H groups in total. The summed E-state index contributed by atoms with van der Waals surface area (Å²) in [5, 5.41) is 11.6. The van der Waals surface area contributed by atoms with Crippen LogP contribution in [0, 0.1) is 0 Å². The topological polar surface area (TPSA) is 45.0 Å². The predicted octanol–water partition coefficient (Wildman–Crippen LogP) is 2.84. The molecule has 0 radical (unpaired) electrons. The Hall–Kier alpha value is -0.160. The molecule has 3 nitrogen and oxygen atoms in total. The Morgan fingerprint density at radius 2 is 2.43 bits per heavy atom. The van der Waals surface area contributed by atoms with Crippen LogP contribution in [-0.4, -0.2) is 32.3 Å². The zero-order chi connectivity index (χ0) is 10.6. The average Bonchev–Trinajstić information content (AvgIpc) is 2.48. The molecule has 0 aromatic rings. The number of oxime groups is 1. The highest BCUT2D eigenvalue weighted by molar-refractivity contribution is 8.42. The van der Waals surface area contributed by atoms with Crippen LogP contribution in [0.2, 0.25) is 0 Å². The first-order valence-corrected chi connectivity index (χ1v) is 6.48. The van der Waals surface area contributed by atoms with Crippen LogP contribution >= 0.6 is 23.5 Å². The van der Waals surface area contributed by atoms with Crippen molar-refractivity contribution >= 4 is 34.1 Å². The molecule has 80 valence electrons. The number of rotatable bonds is 3. The smallest absolute Gasteiger partial charge is 0.125 e. The second kappa shape index (κ2) is 5.07. The highest BCUT2D eigenvalue weighted by Crippen LogP contribution is 2.41. The van der Waals surface area contributed by atoms with Gasteiger partial charge in [-0.3, -0.25) is 4.99 Å². The van der Waals surface area contributed by atoms with Gasteiger partial charge in [0.25, 0.3) is 0 Å². The van der Waals surface area contributed by atoms with Crippen molar-refractivity contribution in [3.8, 4) is 0 Å². The van der Waals surface area contributed by atoms with Crippen molar-refractivity contribution in [1.29, 1.82) is 0 Å². The minimum absolute atomic E-state index is 0.0916. The SMILES string of the molecule is CC[C@H](C)N=C1SC[C@@](C)(/C=N\O)S1. The highest BCUT2D eigenvalue weighted by atomic mass is 32.2. The lowest BCUT2D eigenvalue weighted by Gasteiger charge is -2.12. The van der Waals surface area contributed by atoms with Crippen molar-refractivity contribution in [2.75, 3.05) is 5.75 Å². The van der Waals surface area contributed by atoms with E-state index in [-0.39, 0.29) is 4.75 Å². The summed E-state index contributed by atoms with van der Waals surface area (Å²) in [6, 6.07) is 0.387. The lowest BCUT2D eigenvalue weighted by molar-refractivity contribution is 0.320. The number of thioether (sulfide) groups is 2. The molecule has 1 saturated heterocycles. The molecule has 1 fully saturated rings.